The van der Waals surface area contributed by atoms with E-state index in [1.165, 1.54) is 6.42 Å². The number of aryl methyl sites for hydroxylation is 1. The number of H-pyrrole nitrogens is 1. The zero-order valence-corrected chi connectivity index (χ0v) is 21.3. The van der Waals surface area contributed by atoms with Gasteiger partial charge in [0.1, 0.15) is 11.8 Å². The number of aromatic amines is 1. The Morgan fingerprint density at radius 3 is 2.81 bits per heavy atom. The van der Waals surface area contributed by atoms with E-state index in [1.54, 1.807) is 6.26 Å². The number of aromatic nitrogens is 5. The highest BCUT2D eigenvalue weighted by molar-refractivity contribution is 5.82. The lowest BCUT2D eigenvalue weighted by Gasteiger charge is -2.33. The number of para-hydroxylation sites is 1. The van der Waals surface area contributed by atoms with Gasteiger partial charge in [0.25, 0.3) is 5.56 Å². The summed E-state index contributed by atoms with van der Waals surface area (Å²) in [5.74, 6) is 1.53. The maximum Gasteiger partial charge on any atom is 0.253 e. The quantitative estimate of drug-likeness (QED) is 0.373. The summed E-state index contributed by atoms with van der Waals surface area (Å²) < 4.78 is 13.8. The van der Waals surface area contributed by atoms with Gasteiger partial charge < -0.3 is 14.1 Å². The highest BCUT2D eigenvalue weighted by atomic mass is 16.5. The molecule has 0 radical (unpaired) electrons. The predicted octanol–water partition coefficient (Wildman–Crippen LogP) is 4.69. The van der Waals surface area contributed by atoms with E-state index < -0.39 is 6.04 Å². The second-order valence-corrected chi connectivity index (χ2v) is 10.4. The second kappa shape index (κ2) is 10.6. The number of ether oxygens (including phenoxy) is 1. The summed E-state index contributed by atoms with van der Waals surface area (Å²) in [5, 5.41) is 14.2. The van der Waals surface area contributed by atoms with E-state index in [0.29, 0.717) is 24.5 Å². The Kier molecular flexibility index (Phi) is 6.89. The van der Waals surface area contributed by atoms with Crippen molar-refractivity contribution in [3.05, 3.63) is 75.7 Å². The molecule has 4 aromatic rings. The molecule has 9 nitrogen and oxygen atoms in total. The molecule has 4 heterocycles. The van der Waals surface area contributed by atoms with Crippen molar-refractivity contribution in [2.45, 2.75) is 76.6 Å². The Labute approximate surface area is 215 Å². The molecule has 6 rings (SSSR count). The summed E-state index contributed by atoms with van der Waals surface area (Å²) in [4.78, 5) is 19.2. The third-order valence-corrected chi connectivity index (χ3v) is 7.86. The summed E-state index contributed by atoms with van der Waals surface area (Å²) in [6, 6.07) is 11.7. The third-order valence-electron chi connectivity index (χ3n) is 7.86. The molecule has 0 unspecified atom stereocenters. The molecule has 0 amide bonds. The first kappa shape index (κ1) is 24.1. The number of rotatable bonds is 8. The van der Waals surface area contributed by atoms with Crippen molar-refractivity contribution < 1.29 is 9.15 Å². The minimum Gasteiger partial charge on any atom is -0.468 e. The van der Waals surface area contributed by atoms with Crippen LogP contribution in [0.4, 0.5) is 0 Å². The SMILES string of the molecule is Cc1cccc2cc([C@H](c3nnnn3C3CCCCC3)N(Cc3ccco3)C[C@H]3CCCO3)c(=O)[nH]c12. The van der Waals surface area contributed by atoms with Crippen LogP contribution in [-0.4, -0.2) is 49.3 Å². The number of furan rings is 1. The smallest absolute Gasteiger partial charge is 0.253 e. The molecule has 0 spiro atoms. The Morgan fingerprint density at radius 2 is 2.03 bits per heavy atom. The number of nitrogens with zero attached hydrogens (tertiary/aromatic N) is 5. The van der Waals surface area contributed by atoms with Crippen molar-refractivity contribution in [2.75, 3.05) is 13.2 Å². The number of nitrogens with one attached hydrogen (secondary N) is 1. The zero-order chi connectivity index (χ0) is 25.2. The molecule has 1 aromatic carbocycles. The fraction of sp³-hybridized carbons (Fsp3) is 0.500. The average molecular weight is 503 g/mol. The zero-order valence-electron chi connectivity index (χ0n) is 21.3. The second-order valence-electron chi connectivity index (χ2n) is 10.4. The summed E-state index contributed by atoms with van der Waals surface area (Å²) in [5.41, 5.74) is 2.41. The van der Waals surface area contributed by atoms with Crippen LogP contribution in [0.5, 0.6) is 0 Å². The van der Waals surface area contributed by atoms with E-state index in [1.807, 2.05) is 48.0 Å². The first-order valence-corrected chi connectivity index (χ1v) is 13.5. The summed E-state index contributed by atoms with van der Waals surface area (Å²) in [6.45, 7) is 3.94. The Morgan fingerprint density at radius 1 is 1.14 bits per heavy atom. The molecule has 1 aliphatic heterocycles. The standard InChI is InChI=1S/C28H34N6O3/c1-19-8-5-9-20-16-24(28(35)29-25(19)20)26(27-30-31-32-34(27)21-10-3-2-4-11-21)33(17-22-12-6-14-36-22)18-23-13-7-15-37-23/h5-6,8-9,12,14,16,21,23,26H,2-4,7,10-11,13,15,17-18H2,1H3,(H,29,35)/t23-,26-/m1/s1. The molecular formula is C28H34N6O3. The van der Waals surface area contributed by atoms with Gasteiger partial charge in [-0.05, 0) is 72.2 Å². The summed E-state index contributed by atoms with van der Waals surface area (Å²) in [6.07, 6.45) is 9.45. The highest BCUT2D eigenvalue weighted by Gasteiger charge is 2.35. The largest absolute Gasteiger partial charge is 0.468 e. The molecule has 37 heavy (non-hydrogen) atoms. The van der Waals surface area contributed by atoms with Gasteiger partial charge in [0.2, 0.25) is 0 Å². The fourth-order valence-corrected chi connectivity index (χ4v) is 5.98. The molecule has 1 aliphatic carbocycles. The van der Waals surface area contributed by atoms with Crippen molar-refractivity contribution in [1.29, 1.82) is 0 Å². The minimum atomic E-state index is -0.458. The lowest BCUT2D eigenvalue weighted by molar-refractivity contribution is 0.0539. The van der Waals surface area contributed by atoms with Crippen LogP contribution in [0, 0.1) is 6.92 Å². The predicted molar refractivity (Wildman–Crippen MR) is 139 cm³/mol. The van der Waals surface area contributed by atoms with E-state index in [4.69, 9.17) is 9.15 Å². The van der Waals surface area contributed by atoms with Gasteiger partial charge in [-0.2, -0.15) is 0 Å². The molecule has 9 heteroatoms. The van der Waals surface area contributed by atoms with Crippen LogP contribution < -0.4 is 5.56 Å². The maximum atomic E-state index is 13.7. The van der Waals surface area contributed by atoms with Crippen molar-refractivity contribution in [3.63, 3.8) is 0 Å². The third kappa shape index (κ3) is 4.98. The molecule has 1 N–H and O–H groups in total. The van der Waals surface area contributed by atoms with Crippen LogP contribution in [0.1, 0.15) is 79.7 Å². The number of hydrogen-bond acceptors (Lipinski definition) is 7. The number of pyridine rings is 1. The van der Waals surface area contributed by atoms with Crippen molar-refractivity contribution >= 4 is 10.9 Å². The molecule has 194 valence electrons. The van der Waals surface area contributed by atoms with E-state index in [0.717, 1.165) is 67.4 Å². The van der Waals surface area contributed by atoms with Gasteiger partial charge in [0.15, 0.2) is 5.82 Å². The monoisotopic (exact) mass is 502 g/mol. The van der Waals surface area contributed by atoms with Gasteiger partial charge in [0.05, 0.1) is 30.5 Å². The first-order chi connectivity index (χ1) is 18.2. The summed E-state index contributed by atoms with van der Waals surface area (Å²) >= 11 is 0. The van der Waals surface area contributed by atoms with E-state index >= 15 is 0 Å². The van der Waals surface area contributed by atoms with Crippen molar-refractivity contribution in [3.8, 4) is 0 Å². The van der Waals surface area contributed by atoms with Crippen LogP contribution >= 0.6 is 0 Å². The number of benzene rings is 1. The number of fused-ring (bicyclic) bond motifs is 1. The van der Waals surface area contributed by atoms with Crippen molar-refractivity contribution in [2.24, 2.45) is 0 Å². The molecule has 1 saturated carbocycles. The van der Waals surface area contributed by atoms with Crippen LogP contribution in [-0.2, 0) is 11.3 Å². The molecule has 3 aromatic heterocycles. The highest BCUT2D eigenvalue weighted by Crippen LogP contribution is 2.34. The van der Waals surface area contributed by atoms with E-state index in [-0.39, 0.29) is 17.7 Å². The molecule has 2 aliphatic rings. The minimum absolute atomic E-state index is 0.0817. The topological polar surface area (TPSA) is 102 Å². The number of tetrazole rings is 1. The van der Waals surface area contributed by atoms with E-state index in [2.05, 4.69) is 25.4 Å². The van der Waals surface area contributed by atoms with Gasteiger partial charge in [-0.3, -0.25) is 9.69 Å². The Hall–Kier alpha value is -3.30. The molecule has 2 fully saturated rings. The van der Waals surface area contributed by atoms with E-state index in [9.17, 15) is 4.79 Å². The molecule has 2 atom stereocenters. The first-order valence-electron chi connectivity index (χ1n) is 13.5. The van der Waals surface area contributed by atoms with Crippen LogP contribution in [0.25, 0.3) is 10.9 Å². The average Bonchev–Trinajstić information content (AvgIpc) is 3.70. The lowest BCUT2D eigenvalue weighted by Crippen LogP contribution is -2.39. The van der Waals surface area contributed by atoms with Crippen LogP contribution in [0.3, 0.4) is 0 Å². The Balaban J connectivity index is 1.50. The van der Waals surface area contributed by atoms with Gasteiger partial charge in [-0.25, -0.2) is 4.68 Å². The normalized spacial score (nSPS) is 19.7. The molecular weight excluding hydrogens is 468 g/mol. The van der Waals surface area contributed by atoms with Crippen molar-refractivity contribution in [1.82, 2.24) is 30.1 Å². The number of hydrogen-bond donors (Lipinski definition) is 1. The lowest BCUT2D eigenvalue weighted by atomic mass is 9.95. The molecule has 1 saturated heterocycles. The van der Waals surface area contributed by atoms with Gasteiger partial charge in [-0.15, -0.1) is 5.10 Å². The van der Waals surface area contributed by atoms with Gasteiger partial charge in [0, 0.05) is 18.7 Å². The molecule has 0 bridgehead atoms. The maximum absolute atomic E-state index is 13.7. The van der Waals surface area contributed by atoms with Gasteiger partial charge in [-0.1, -0.05) is 37.5 Å². The summed E-state index contributed by atoms with van der Waals surface area (Å²) in [7, 11) is 0. The Bertz CT molecular complexity index is 1380. The van der Waals surface area contributed by atoms with Gasteiger partial charge >= 0.3 is 0 Å². The van der Waals surface area contributed by atoms with Crippen LogP contribution in [0.15, 0.2) is 51.9 Å². The fourth-order valence-electron chi connectivity index (χ4n) is 5.98. The van der Waals surface area contributed by atoms with Crippen LogP contribution in [0.2, 0.25) is 0 Å².